The van der Waals surface area contributed by atoms with E-state index in [1.165, 1.54) is 0 Å². The molecule has 1 aromatic heterocycles. The van der Waals surface area contributed by atoms with Crippen LogP contribution in [0.25, 0.3) is 10.9 Å². The van der Waals surface area contributed by atoms with E-state index in [9.17, 15) is 4.79 Å². The van der Waals surface area contributed by atoms with Gasteiger partial charge < -0.3 is 4.74 Å². The smallest absolute Gasteiger partial charge is 0.262 e. The molecule has 2 aromatic carbocycles. The molecule has 140 valence electrons. The summed E-state index contributed by atoms with van der Waals surface area (Å²) in [7, 11) is 0. The van der Waals surface area contributed by atoms with Crippen molar-refractivity contribution in [3.8, 4) is 0 Å². The Balaban J connectivity index is 1.88. The number of nitrogens with one attached hydrogen (secondary N) is 1. The fraction of sp³-hybridized carbons (Fsp3) is 0.286. The second kappa shape index (κ2) is 9.09. The molecule has 0 aliphatic carbocycles. The maximum Gasteiger partial charge on any atom is 0.262 e. The molecule has 0 aliphatic heterocycles. The van der Waals surface area contributed by atoms with Crippen molar-refractivity contribution in [3.05, 3.63) is 70.0 Å². The summed E-state index contributed by atoms with van der Waals surface area (Å²) in [5.74, 6) is 0.430. The minimum absolute atomic E-state index is 0.0784. The molecule has 27 heavy (non-hydrogen) atoms. The molecular formula is C21H24N4O2. The van der Waals surface area contributed by atoms with E-state index in [1.807, 2.05) is 56.3 Å². The van der Waals surface area contributed by atoms with Crippen LogP contribution >= 0.6 is 0 Å². The Kier molecular flexibility index (Phi) is 6.33. The summed E-state index contributed by atoms with van der Waals surface area (Å²) in [5, 5.41) is 4.88. The van der Waals surface area contributed by atoms with Crippen molar-refractivity contribution in [2.24, 2.45) is 5.10 Å². The highest BCUT2D eigenvalue weighted by atomic mass is 16.5. The summed E-state index contributed by atoms with van der Waals surface area (Å²) in [6.07, 6.45) is 2.45. The van der Waals surface area contributed by atoms with Crippen molar-refractivity contribution in [2.45, 2.75) is 26.8 Å². The number of aromatic nitrogens is 2. The molecule has 0 unspecified atom stereocenters. The maximum atomic E-state index is 12.9. The molecule has 0 spiro atoms. The van der Waals surface area contributed by atoms with Gasteiger partial charge in [-0.1, -0.05) is 42.0 Å². The van der Waals surface area contributed by atoms with E-state index in [0.717, 1.165) is 17.5 Å². The van der Waals surface area contributed by atoms with Gasteiger partial charge in [0.15, 0.2) is 0 Å². The predicted molar refractivity (Wildman–Crippen MR) is 110 cm³/mol. The van der Waals surface area contributed by atoms with Crippen LogP contribution in [-0.4, -0.2) is 29.0 Å². The van der Waals surface area contributed by atoms with Gasteiger partial charge in [-0.3, -0.25) is 9.36 Å². The number of nitrogens with zero attached hydrogens (tertiary/aromatic N) is 3. The predicted octanol–water partition coefficient (Wildman–Crippen LogP) is 3.58. The average Bonchev–Trinajstić information content (AvgIpc) is 2.67. The van der Waals surface area contributed by atoms with Crippen LogP contribution in [0.5, 0.6) is 0 Å². The number of hydrogen-bond donors (Lipinski definition) is 1. The lowest BCUT2D eigenvalue weighted by molar-refractivity contribution is 0.141. The second-order valence-corrected chi connectivity index (χ2v) is 6.24. The van der Waals surface area contributed by atoms with E-state index in [-0.39, 0.29) is 5.56 Å². The number of fused-ring (bicyclic) bond motifs is 1. The Hall–Kier alpha value is -2.99. The zero-order chi connectivity index (χ0) is 19.1. The molecule has 6 heteroatoms. The number of ether oxygens (including phenoxy) is 1. The second-order valence-electron chi connectivity index (χ2n) is 6.24. The molecule has 1 heterocycles. The Bertz CT molecular complexity index is 995. The highest BCUT2D eigenvalue weighted by Crippen LogP contribution is 2.12. The van der Waals surface area contributed by atoms with Crippen molar-refractivity contribution in [3.63, 3.8) is 0 Å². The third-order valence-electron chi connectivity index (χ3n) is 4.16. The van der Waals surface area contributed by atoms with E-state index in [0.29, 0.717) is 36.6 Å². The number of hydrazone groups is 1. The summed E-state index contributed by atoms with van der Waals surface area (Å²) >= 11 is 0. The van der Waals surface area contributed by atoms with Crippen molar-refractivity contribution in [1.29, 1.82) is 0 Å². The Morgan fingerprint density at radius 1 is 1.22 bits per heavy atom. The van der Waals surface area contributed by atoms with Crippen molar-refractivity contribution in [2.75, 3.05) is 18.6 Å². The lowest BCUT2D eigenvalue weighted by atomic mass is 10.2. The van der Waals surface area contributed by atoms with Gasteiger partial charge in [0, 0.05) is 19.8 Å². The first-order valence-corrected chi connectivity index (χ1v) is 9.12. The van der Waals surface area contributed by atoms with Crippen molar-refractivity contribution >= 4 is 23.1 Å². The lowest BCUT2D eigenvalue weighted by Crippen LogP contribution is -2.25. The summed E-state index contributed by atoms with van der Waals surface area (Å²) < 4.78 is 7.01. The molecule has 0 radical (unpaired) electrons. The number of aryl methyl sites for hydroxylation is 1. The number of benzene rings is 2. The first-order valence-electron chi connectivity index (χ1n) is 9.12. The standard InChI is InChI=1S/C21H24N4O2/c1-3-27-13-7-12-25-20(26)18-10-4-5-11-19(18)23-21(25)24-22-15-17-9-6-8-16(2)14-17/h4-6,8-11,14-15H,3,7,12-13H2,1-2H3,(H,23,24)/b22-15-. The number of hydrogen-bond acceptors (Lipinski definition) is 5. The minimum Gasteiger partial charge on any atom is -0.382 e. The minimum atomic E-state index is -0.0784. The molecule has 0 saturated carbocycles. The first-order chi connectivity index (χ1) is 13.2. The molecular weight excluding hydrogens is 340 g/mol. The monoisotopic (exact) mass is 364 g/mol. The largest absolute Gasteiger partial charge is 0.382 e. The third kappa shape index (κ3) is 4.80. The third-order valence-corrected chi connectivity index (χ3v) is 4.16. The molecule has 0 bridgehead atoms. The van der Waals surface area contributed by atoms with Crippen LogP contribution in [0.1, 0.15) is 24.5 Å². The fourth-order valence-corrected chi connectivity index (χ4v) is 2.84. The molecule has 0 atom stereocenters. The Morgan fingerprint density at radius 3 is 2.89 bits per heavy atom. The van der Waals surface area contributed by atoms with Gasteiger partial charge in [0.1, 0.15) is 0 Å². The van der Waals surface area contributed by atoms with E-state index >= 15 is 0 Å². The van der Waals surface area contributed by atoms with E-state index in [2.05, 4.69) is 15.5 Å². The zero-order valence-corrected chi connectivity index (χ0v) is 15.7. The maximum absolute atomic E-state index is 12.9. The number of anilines is 1. The molecule has 0 saturated heterocycles. The van der Waals surface area contributed by atoms with Gasteiger partial charge in [-0.05, 0) is 38.0 Å². The molecule has 0 amide bonds. The molecule has 0 aliphatic rings. The van der Waals surface area contributed by atoms with Crippen LogP contribution in [0.3, 0.4) is 0 Å². The van der Waals surface area contributed by atoms with Gasteiger partial charge in [0.05, 0.1) is 17.1 Å². The molecule has 3 aromatic rings. The van der Waals surface area contributed by atoms with Crippen LogP contribution in [-0.2, 0) is 11.3 Å². The zero-order valence-electron chi connectivity index (χ0n) is 15.7. The number of rotatable bonds is 8. The summed E-state index contributed by atoms with van der Waals surface area (Å²) in [5.41, 5.74) is 5.65. The van der Waals surface area contributed by atoms with Gasteiger partial charge in [-0.2, -0.15) is 5.10 Å². The van der Waals surface area contributed by atoms with Crippen LogP contribution in [0.15, 0.2) is 58.4 Å². The molecule has 6 nitrogen and oxygen atoms in total. The Morgan fingerprint density at radius 2 is 2.07 bits per heavy atom. The van der Waals surface area contributed by atoms with Crippen molar-refractivity contribution < 1.29 is 4.74 Å². The van der Waals surface area contributed by atoms with Crippen LogP contribution < -0.4 is 11.0 Å². The molecule has 3 rings (SSSR count). The summed E-state index contributed by atoms with van der Waals surface area (Å²) in [6.45, 7) is 5.76. The van der Waals surface area contributed by atoms with Gasteiger partial charge in [-0.15, -0.1) is 0 Å². The summed E-state index contributed by atoms with van der Waals surface area (Å²) in [6, 6.07) is 15.4. The van der Waals surface area contributed by atoms with Crippen LogP contribution in [0.4, 0.5) is 5.95 Å². The van der Waals surface area contributed by atoms with Crippen molar-refractivity contribution in [1.82, 2.24) is 9.55 Å². The molecule has 1 N–H and O–H groups in total. The lowest BCUT2D eigenvalue weighted by Gasteiger charge is -2.12. The average molecular weight is 364 g/mol. The van der Waals surface area contributed by atoms with Crippen LogP contribution in [0, 0.1) is 6.92 Å². The normalized spacial score (nSPS) is 11.3. The van der Waals surface area contributed by atoms with E-state index in [1.54, 1.807) is 16.8 Å². The highest BCUT2D eigenvalue weighted by molar-refractivity contribution is 5.81. The fourth-order valence-electron chi connectivity index (χ4n) is 2.84. The number of para-hydroxylation sites is 1. The topological polar surface area (TPSA) is 68.5 Å². The van der Waals surface area contributed by atoms with E-state index in [4.69, 9.17) is 4.74 Å². The summed E-state index contributed by atoms with van der Waals surface area (Å²) in [4.78, 5) is 17.5. The molecule has 0 fully saturated rings. The van der Waals surface area contributed by atoms with E-state index < -0.39 is 0 Å². The van der Waals surface area contributed by atoms with Crippen LogP contribution in [0.2, 0.25) is 0 Å². The van der Waals surface area contributed by atoms with Gasteiger partial charge in [0.2, 0.25) is 5.95 Å². The van der Waals surface area contributed by atoms with Gasteiger partial charge >= 0.3 is 0 Å². The van der Waals surface area contributed by atoms with Gasteiger partial charge in [0.25, 0.3) is 5.56 Å². The van der Waals surface area contributed by atoms with Gasteiger partial charge in [-0.25, -0.2) is 10.4 Å². The quantitative estimate of drug-likeness (QED) is 0.377. The first kappa shape index (κ1) is 18.8. The SMILES string of the molecule is CCOCCCn1c(N/N=C\c2cccc(C)c2)nc2ccccc2c1=O. The highest BCUT2D eigenvalue weighted by Gasteiger charge is 2.10. The Labute approximate surface area is 158 Å².